The second kappa shape index (κ2) is 13.6. The van der Waals surface area contributed by atoms with Gasteiger partial charge >= 0.3 is 0 Å². The standard InChI is InChI=1S/C38H36F2N4O/c1-7-44(8-2)31-17-14-26(15-18-31)12-13-28-20-27(22-37(3,4)23-28)10-9-11-33-35(43-6)36(29(24-41)25-42)45-38(33,5)32-19-16-30(39)21-34(32)40/h9-21H,7-8,22-23H2,1-5H3/b11-9+,13-12+,27-10-. The van der Waals surface area contributed by atoms with Crippen LogP contribution in [0, 0.1) is 46.3 Å². The van der Waals surface area contributed by atoms with Crippen LogP contribution < -0.4 is 4.90 Å². The molecule has 1 atom stereocenters. The first kappa shape index (κ1) is 32.7. The maximum absolute atomic E-state index is 15.0. The number of rotatable bonds is 8. The van der Waals surface area contributed by atoms with Crippen molar-refractivity contribution in [3.63, 3.8) is 0 Å². The highest BCUT2D eigenvalue weighted by atomic mass is 19.1. The minimum absolute atomic E-state index is 0.00821. The number of hydrogen-bond donors (Lipinski definition) is 0. The molecule has 45 heavy (non-hydrogen) atoms. The molecule has 4 rings (SSSR count). The topological polar surface area (TPSA) is 64.4 Å². The lowest BCUT2D eigenvalue weighted by molar-refractivity contribution is 0.0718. The summed E-state index contributed by atoms with van der Waals surface area (Å²) in [4.78, 5) is 5.87. The quantitative estimate of drug-likeness (QED) is 0.223. The van der Waals surface area contributed by atoms with Crippen molar-refractivity contribution < 1.29 is 13.5 Å². The summed E-state index contributed by atoms with van der Waals surface area (Å²) in [5.74, 6) is -1.84. The maximum atomic E-state index is 15.0. The van der Waals surface area contributed by atoms with Crippen LogP contribution in [0.2, 0.25) is 0 Å². The molecule has 0 bridgehead atoms. The first-order valence-electron chi connectivity index (χ1n) is 14.9. The minimum Gasteiger partial charge on any atom is -0.488 e. The number of benzene rings is 2. The lowest BCUT2D eigenvalue weighted by Gasteiger charge is -2.30. The van der Waals surface area contributed by atoms with Crippen molar-refractivity contribution in [2.75, 3.05) is 18.0 Å². The third-order valence-corrected chi connectivity index (χ3v) is 8.12. The molecule has 0 fully saturated rings. The molecule has 0 spiro atoms. The van der Waals surface area contributed by atoms with Crippen LogP contribution in [0.3, 0.4) is 0 Å². The highest BCUT2D eigenvalue weighted by Crippen LogP contribution is 2.48. The summed E-state index contributed by atoms with van der Waals surface area (Å²) in [6.45, 7) is 20.0. The average Bonchev–Trinajstić information content (AvgIpc) is 3.28. The fourth-order valence-corrected chi connectivity index (χ4v) is 5.96. The van der Waals surface area contributed by atoms with E-state index in [9.17, 15) is 14.9 Å². The number of halogens is 2. The Morgan fingerprint density at radius 1 is 1.00 bits per heavy atom. The van der Waals surface area contributed by atoms with Crippen LogP contribution in [0.15, 0.2) is 107 Å². The summed E-state index contributed by atoms with van der Waals surface area (Å²) in [5.41, 5.74) is 2.80. The first-order chi connectivity index (χ1) is 21.5. The van der Waals surface area contributed by atoms with Gasteiger partial charge in [0.25, 0.3) is 0 Å². The Hall–Kier alpha value is -5.19. The van der Waals surface area contributed by atoms with E-state index in [1.807, 2.05) is 6.08 Å². The third kappa shape index (κ3) is 7.14. The van der Waals surface area contributed by atoms with E-state index in [-0.39, 0.29) is 28.0 Å². The van der Waals surface area contributed by atoms with Crippen LogP contribution in [0.5, 0.6) is 0 Å². The SMILES string of the molecule is [C-]#[N+]C1=C(/C=C/C=C2C=C(/C=C/c3ccc(N(CC)CC)cc3)CC(C)(C)C/2)C(C)(c2ccc(F)cc2F)OC1=C(C#N)C#N. The molecule has 0 amide bonds. The monoisotopic (exact) mass is 602 g/mol. The predicted octanol–water partition coefficient (Wildman–Crippen LogP) is 9.47. The maximum Gasteiger partial charge on any atom is 0.237 e. The number of hydrogen-bond acceptors (Lipinski definition) is 4. The van der Waals surface area contributed by atoms with Gasteiger partial charge in [0.1, 0.15) is 29.4 Å². The Morgan fingerprint density at radius 3 is 2.29 bits per heavy atom. The molecule has 0 aromatic heterocycles. The summed E-state index contributed by atoms with van der Waals surface area (Å²) in [6.07, 6.45) is 13.5. The smallest absolute Gasteiger partial charge is 0.237 e. The molecule has 1 aliphatic heterocycles. The molecule has 1 aliphatic carbocycles. The molecule has 0 N–H and O–H groups in total. The minimum atomic E-state index is -1.57. The zero-order valence-corrected chi connectivity index (χ0v) is 26.3. The van der Waals surface area contributed by atoms with Crippen molar-refractivity contribution >= 4 is 11.8 Å². The molecule has 228 valence electrons. The van der Waals surface area contributed by atoms with Gasteiger partial charge < -0.3 is 9.64 Å². The first-order valence-corrected chi connectivity index (χ1v) is 14.9. The molecule has 1 unspecified atom stereocenters. The lowest BCUT2D eigenvalue weighted by Crippen LogP contribution is -2.25. The normalized spacial score (nSPS) is 20.1. The number of nitriles is 2. The Kier molecular flexibility index (Phi) is 9.91. The summed E-state index contributed by atoms with van der Waals surface area (Å²) in [7, 11) is 0. The van der Waals surface area contributed by atoms with Crippen molar-refractivity contribution in [3.8, 4) is 12.1 Å². The highest BCUT2D eigenvalue weighted by molar-refractivity contribution is 5.61. The molecule has 2 aliphatic rings. The van der Waals surface area contributed by atoms with Gasteiger partial charge in [-0.3, -0.25) is 0 Å². The van der Waals surface area contributed by atoms with E-state index < -0.39 is 22.8 Å². The van der Waals surface area contributed by atoms with E-state index in [4.69, 9.17) is 11.3 Å². The van der Waals surface area contributed by atoms with Crippen LogP contribution in [-0.4, -0.2) is 13.1 Å². The van der Waals surface area contributed by atoms with Gasteiger partial charge in [0.2, 0.25) is 5.70 Å². The second-order valence-corrected chi connectivity index (χ2v) is 12.0. The fraction of sp³-hybridized carbons (Fsp3) is 0.289. The van der Waals surface area contributed by atoms with Gasteiger partial charge in [0.15, 0.2) is 11.3 Å². The zero-order chi connectivity index (χ0) is 32.8. The number of anilines is 1. The van der Waals surface area contributed by atoms with Crippen molar-refractivity contribution in [2.45, 2.75) is 53.1 Å². The van der Waals surface area contributed by atoms with Crippen molar-refractivity contribution in [2.24, 2.45) is 5.41 Å². The summed E-state index contributed by atoms with van der Waals surface area (Å²) < 4.78 is 34.8. The van der Waals surface area contributed by atoms with Crippen LogP contribution >= 0.6 is 0 Å². The molecule has 1 heterocycles. The van der Waals surface area contributed by atoms with Crippen LogP contribution in [0.4, 0.5) is 14.5 Å². The summed E-state index contributed by atoms with van der Waals surface area (Å²) >= 11 is 0. The molecule has 2 aromatic rings. The van der Waals surface area contributed by atoms with E-state index in [0.29, 0.717) is 0 Å². The van der Waals surface area contributed by atoms with Crippen LogP contribution in [0.25, 0.3) is 10.9 Å². The Morgan fingerprint density at radius 2 is 1.69 bits per heavy atom. The van der Waals surface area contributed by atoms with Gasteiger partial charge in [-0.25, -0.2) is 13.6 Å². The molecule has 0 saturated heterocycles. The fourth-order valence-electron chi connectivity index (χ4n) is 5.96. The highest BCUT2D eigenvalue weighted by Gasteiger charge is 2.45. The van der Waals surface area contributed by atoms with E-state index in [0.717, 1.165) is 49.2 Å². The average molecular weight is 603 g/mol. The van der Waals surface area contributed by atoms with E-state index in [1.54, 1.807) is 31.2 Å². The molecule has 7 heteroatoms. The van der Waals surface area contributed by atoms with Crippen molar-refractivity contribution in [1.29, 1.82) is 10.5 Å². The largest absolute Gasteiger partial charge is 0.488 e. The molecular weight excluding hydrogens is 566 g/mol. The molecule has 0 saturated carbocycles. The number of ether oxygens (including phenoxy) is 1. The summed E-state index contributed by atoms with van der Waals surface area (Å²) in [5, 5.41) is 19.0. The van der Waals surface area contributed by atoms with Gasteiger partial charge in [0, 0.05) is 36.0 Å². The number of nitrogens with zero attached hydrogens (tertiary/aromatic N) is 4. The van der Waals surface area contributed by atoms with E-state index in [1.165, 1.54) is 17.3 Å². The molecular formula is C38H36F2N4O. The van der Waals surface area contributed by atoms with Crippen LogP contribution in [-0.2, 0) is 10.3 Å². The lowest BCUT2D eigenvalue weighted by atomic mass is 9.75. The Labute approximate surface area is 264 Å². The molecule has 0 radical (unpaired) electrons. The van der Waals surface area contributed by atoms with Gasteiger partial charge in [-0.2, -0.15) is 10.5 Å². The van der Waals surface area contributed by atoms with Gasteiger partial charge in [0.05, 0.1) is 6.57 Å². The van der Waals surface area contributed by atoms with Gasteiger partial charge in [-0.1, -0.05) is 62.4 Å². The zero-order valence-electron chi connectivity index (χ0n) is 26.3. The molecule has 5 nitrogen and oxygen atoms in total. The number of allylic oxidation sites excluding steroid dienone is 7. The summed E-state index contributed by atoms with van der Waals surface area (Å²) in [6, 6.07) is 15.1. The second-order valence-electron chi connectivity index (χ2n) is 12.0. The predicted molar refractivity (Wildman–Crippen MR) is 174 cm³/mol. The molecule has 2 aromatic carbocycles. The Balaban J connectivity index is 1.70. The van der Waals surface area contributed by atoms with Gasteiger partial charge in [-0.15, -0.1) is 0 Å². The Bertz CT molecular complexity index is 1770. The third-order valence-electron chi connectivity index (χ3n) is 8.12. The van der Waals surface area contributed by atoms with Crippen molar-refractivity contribution in [1.82, 2.24) is 0 Å². The van der Waals surface area contributed by atoms with E-state index >= 15 is 4.39 Å². The van der Waals surface area contributed by atoms with E-state index in [2.05, 4.69) is 79.9 Å². The van der Waals surface area contributed by atoms with Gasteiger partial charge in [-0.05, 0) is 80.0 Å². The van der Waals surface area contributed by atoms with Crippen LogP contribution in [0.1, 0.15) is 58.6 Å². The van der Waals surface area contributed by atoms with Crippen molar-refractivity contribution in [3.05, 3.63) is 141 Å².